The zero-order valence-corrected chi connectivity index (χ0v) is 10.7. The molecule has 0 aliphatic carbocycles. The molecule has 7 nitrogen and oxygen atoms in total. The minimum Gasteiger partial charge on any atom is -0.421 e. The van der Waals surface area contributed by atoms with Gasteiger partial charge in [-0.15, -0.1) is 0 Å². The predicted molar refractivity (Wildman–Crippen MR) is 71.1 cm³/mol. The Bertz CT molecular complexity index is 626. The molecule has 7 heteroatoms. The van der Waals surface area contributed by atoms with Crippen LogP contribution >= 0.6 is 0 Å². The number of β-amino-alcohol motifs (C(OH)–C–C–N with tert-alkyl or cyclic N) is 1. The van der Waals surface area contributed by atoms with Crippen LogP contribution in [-0.4, -0.2) is 40.2 Å². The van der Waals surface area contributed by atoms with Gasteiger partial charge in [0.25, 0.3) is 11.9 Å². The zero-order valence-electron chi connectivity index (χ0n) is 10.7. The Labute approximate surface area is 115 Å². The lowest BCUT2D eigenvalue weighted by Crippen LogP contribution is -2.21. The van der Waals surface area contributed by atoms with Crippen molar-refractivity contribution in [3.63, 3.8) is 0 Å². The summed E-state index contributed by atoms with van der Waals surface area (Å²) in [7, 11) is 0. The molecular weight excluding hydrogens is 260 g/mol. The molecule has 20 heavy (non-hydrogen) atoms. The van der Waals surface area contributed by atoms with Crippen LogP contribution in [0.1, 0.15) is 16.9 Å². The number of nitrogens with zero attached hydrogens (tertiary/aromatic N) is 3. The normalized spacial score (nSPS) is 18.4. The number of aliphatic hydroxyl groups excluding tert-OH is 1. The lowest BCUT2D eigenvalue weighted by Gasteiger charge is -2.11. The predicted octanol–water partition coefficient (Wildman–Crippen LogP) is 0.406. The first-order valence-electron chi connectivity index (χ1n) is 6.30. The summed E-state index contributed by atoms with van der Waals surface area (Å²) in [4.78, 5) is 21.5. The van der Waals surface area contributed by atoms with Crippen molar-refractivity contribution in [2.45, 2.75) is 12.5 Å². The average molecular weight is 274 g/mol. The van der Waals surface area contributed by atoms with E-state index in [1.807, 2.05) is 0 Å². The van der Waals surface area contributed by atoms with E-state index in [1.165, 1.54) is 0 Å². The molecule has 1 saturated heterocycles. The van der Waals surface area contributed by atoms with Crippen LogP contribution < -0.4 is 10.6 Å². The number of aliphatic hydroxyl groups is 1. The van der Waals surface area contributed by atoms with E-state index in [-0.39, 0.29) is 17.5 Å². The number of pyridine rings is 1. The minimum absolute atomic E-state index is 0.0556. The number of primary amides is 1. The quantitative estimate of drug-likeness (QED) is 0.839. The highest BCUT2D eigenvalue weighted by Gasteiger charge is 2.28. The van der Waals surface area contributed by atoms with Crippen LogP contribution in [0.3, 0.4) is 0 Å². The molecule has 3 N–H and O–H groups in total. The third-order valence-corrected chi connectivity index (χ3v) is 3.18. The van der Waals surface area contributed by atoms with Gasteiger partial charge in [0.1, 0.15) is 5.69 Å². The van der Waals surface area contributed by atoms with Crippen molar-refractivity contribution in [2.24, 2.45) is 5.73 Å². The first-order valence-corrected chi connectivity index (χ1v) is 6.30. The maximum absolute atomic E-state index is 11.5. The van der Waals surface area contributed by atoms with Crippen LogP contribution in [0.4, 0.5) is 6.01 Å². The summed E-state index contributed by atoms with van der Waals surface area (Å²) in [6.07, 6.45) is 1.84. The lowest BCUT2D eigenvalue weighted by molar-refractivity contribution is 0.0996. The van der Waals surface area contributed by atoms with Crippen LogP contribution in [0.2, 0.25) is 0 Å². The van der Waals surface area contributed by atoms with Crippen molar-refractivity contribution in [3.8, 4) is 11.5 Å². The first kappa shape index (κ1) is 12.6. The third kappa shape index (κ3) is 2.23. The zero-order chi connectivity index (χ0) is 14.1. The Balaban J connectivity index is 2.01. The van der Waals surface area contributed by atoms with Gasteiger partial charge in [0, 0.05) is 19.3 Å². The number of aromatic nitrogens is 2. The molecule has 1 aliphatic heterocycles. The van der Waals surface area contributed by atoms with Crippen LogP contribution in [0, 0.1) is 0 Å². The molecule has 1 aliphatic rings. The van der Waals surface area contributed by atoms with Gasteiger partial charge >= 0.3 is 0 Å². The molecule has 0 aromatic carbocycles. The summed E-state index contributed by atoms with van der Waals surface area (Å²) < 4.78 is 5.63. The Hall–Kier alpha value is -2.41. The van der Waals surface area contributed by atoms with Crippen molar-refractivity contribution < 1.29 is 14.3 Å². The largest absolute Gasteiger partial charge is 0.421 e. The number of nitrogens with two attached hydrogens (primary N) is 1. The van der Waals surface area contributed by atoms with E-state index in [9.17, 15) is 9.90 Å². The average Bonchev–Trinajstić information content (AvgIpc) is 3.05. The van der Waals surface area contributed by atoms with E-state index in [1.54, 1.807) is 29.3 Å². The lowest BCUT2D eigenvalue weighted by atomic mass is 10.2. The molecule has 2 aromatic rings. The topological polar surface area (TPSA) is 105 Å². The Morgan fingerprint density at radius 1 is 1.50 bits per heavy atom. The number of hydrogen-bond acceptors (Lipinski definition) is 6. The highest BCUT2D eigenvalue weighted by molar-refractivity contribution is 5.96. The molecular formula is C13H14N4O3. The third-order valence-electron chi connectivity index (χ3n) is 3.18. The molecule has 1 unspecified atom stereocenters. The highest BCUT2D eigenvalue weighted by atomic mass is 16.4. The molecule has 1 fully saturated rings. The SMILES string of the molecule is NC(=O)c1nc(N2CCC(O)C2)oc1-c1ccccn1. The van der Waals surface area contributed by atoms with Gasteiger partial charge in [0.05, 0.1) is 6.10 Å². The van der Waals surface area contributed by atoms with Gasteiger partial charge in [-0.2, -0.15) is 4.98 Å². The molecule has 0 bridgehead atoms. The number of rotatable bonds is 3. The Morgan fingerprint density at radius 3 is 2.95 bits per heavy atom. The summed E-state index contributed by atoms with van der Waals surface area (Å²) in [5, 5.41) is 9.55. The monoisotopic (exact) mass is 274 g/mol. The second kappa shape index (κ2) is 4.93. The molecule has 3 heterocycles. The van der Waals surface area contributed by atoms with Crippen molar-refractivity contribution in [2.75, 3.05) is 18.0 Å². The van der Waals surface area contributed by atoms with E-state index in [0.29, 0.717) is 25.2 Å². The van der Waals surface area contributed by atoms with E-state index in [0.717, 1.165) is 0 Å². The molecule has 0 radical (unpaired) electrons. The molecule has 1 amide bonds. The molecule has 0 spiro atoms. The highest BCUT2D eigenvalue weighted by Crippen LogP contribution is 2.28. The van der Waals surface area contributed by atoms with E-state index in [4.69, 9.17) is 10.2 Å². The summed E-state index contributed by atoms with van der Waals surface area (Å²) in [5.41, 5.74) is 5.89. The first-order chi connectivity index (χ1) is 9.65. The van der Waals surface area contributed by atoms with E-state index < -0.39 is 12.0 Å². The van der Waals surface area contributed by atoms with Gasteiger partial charge in [0.2, 0.25) is 0 Å². The Kier molecular flexibility index (Phi) is 3.11. The summed E-state index contributed by atoms with van der Waals surface area (Å²) in [5.74, 6) is -0.408. The van der Waals surface area contributed by atoms with Crippen LogP contribution in [0.5, 0.6) is 0 Å². The summed E-state index contributed by atoms with van der Waals surface area (Å²) >= 11 is 0. The molecule has 0 saturated carbocycles. The smallest absolute Gasteiger partial charge is 0.298 e. The van der Waals surface area contributed by atoms with Crippen molar-refractivity contribution >= 4 is 11.9 Å². The minimum atomic E-state index is -0.666. The fraction of sp³-hybridized carbons (Fsp3) is 0.308. The number of hydrogen-bond donors (Lipinski definition) is 2. The van der Waals surface area contributed by atoms with Crippen molar-refractivity contribution in [1.82, 2.24) is 9.97 Å². The molecule has 3 rings (SSSR count). The number of oxazole rings is 1. The summed E-state index contributed by atoms with van der Waals surface area (Å²) in [6, 6.07) is 5.56. The van der Waals surface area contributed by atoms with Gasteiger partial charge in [-0.3, -0.25) is 9.78 Å². The van der Waals surface area contributed by atoms with Gasteiger partial charge in [-0.1, -0.05) is 6.07 Å². The Morgan fingerprint density at radius 2 is 2.35 bits per heavy atom. The van der Waals surface area contributed by atoms with E-state index >= 15 is 0 Å². The number of carbonyl (C=O) groups excluding carboxylic acids is 1. The van der Waals surface area contributed by atoms with Crippen LogP contribution in [-0.2, 0) is 0 Å². The van der Waals surface area contributed by atoms with Gasteiger partial charge in [-0.25, -0.2) is 0 Å². The molecule has 2 aromatic heterocycles. The van der Waals surface area contributed by atoms with Gasteiger partial charge in [-0.05, 0) is 18.6 Å². The number of amides is 1. The molecule has 104 valence electrons. The van der Waals surface area contributed by atoms with E-state index in [2.05, 4.69) is 9.97 Å². The second-order valence-corrected chi connectivity index (χ2v) is 4.64. The van der Waals surface area contributed by atoms with Gasteiger partial charge in [0.15, 0.2) is 11.5 Å². The fourth-order valence-electron chi connectivity index (χ4n) is 2.20. The molecule has 1 atom stereocenters. The second-order valence-electron chi connectivity index (χ2n) is 4.64. The van der Waals surface area contributed by atoms with Crippen molar-refractivity contribution in [1.29, 1.82) is 0 Å². The van der Waals surface area contributed by atoms with Crippen LogP contribution in [0.25, 0.3) is 11.5 Å². The van der Waals surface area contributed by atoms with Gasteiger partial charge < -0.3 is 20.2 Å². The van der Waals surface area contributed by atoms with Crippen LogP contribution in [0.15, 0.2) is 28.8 Å². The number of carbonyl (C=O) groups is 1. The van der Waals surface area contributed by atoms with Crippen molar-refractivity contribution in [3.05, 3.63) is 30.1 Å². The maximum Gasteiger partial charge on any atom is 0.298 e. The fourth-order valence-corrected chi connectivity index (χ4v) is 2.20. The standard InChI is InChI=1S/C13H14N4O3/c14-12(19)10-11(9-3-1-2-5-15-9)20-13(16-10)17-6-4-8(18)7-17/h1-3,5,8,18H,4,6-7H2,(H2,14,19). The number of anilines is 1. The maximum atomic E-state index is 11.5. The summed E-state index contributed by atoms with van der Waals surface area (Å²) in [6.45, 7) is 1.06.